The van der Waals surface area contributed by atoms with Crippen LogP contribution >= 0.6 is 11.6 Å². The molecule has 27 heavy (non-hydrogen) atoms. The zero-order chi connectivity index (χ0) is 19.7. The van der Waals surface area contributed by atoms with Crippen LogP contribution in [0.2, 0.25) is 5.02 Å². The van der Waals surface area contributed by atoms with E-state index < -0.39 is 0 Å². The fraction of sp³-hybridized carbons (Fsp3) is 0.636. The smallest absolute Gasteiger partial charge is 0.348 e. The van der Waals surface area contributed by atoms with Gasteiger partial charge in [0, 0.05) is 17.5 Å². The van der Waals surface area contributed by atoms with Crippen molar-refractivity contribution >= 4 is 28.6 Å². The van der Waals surface area contributed by atoms with Crippen LogP contribution in [0.25, 0.3) is 11.0 Å². The van der Waals surface area contributed by atoms with Gasteiger partial charge in [0.05, 0.1) is 7.05 Å². The zero-order valence-corrected chi connectivity index (χ0v) is 17.9. The van der Waals surface area contributed by atoms with Gasteiger partial charge in [-0.25, -0.2) is 13.9 Å². The molecule has 0 saturated heterocycles. The van der Waals surface area contributed by atoms with Gasteiger partial charge in [-0.3, -0.25) is 0 Å². The quantitative estimate of drug-likeness (QED) is 0.547. The molecule has 3 rings (SSSR count). The second-order valence-electron chi connectivity index (χ2n) is 8.40. The predicted octanol–water partition coefficient (Wildman–Crippen LogP) is 4.69. The molecule has 1 heterocycles. The molecular weight excluding hydrogens is 360 g/mol. The van der Waals surface area contributed by atoms with Crippen LogP contribution in [0.3, 0.4) is 0 Å². The average Bonchev–Trinajstić information content (AvgIpc) is 2.85. The number of esters is 1. The first-order valence-corrected chi connectivity index (χ1v) is 10.6. The maximum absolute atomic E-state index is 12.9. The van der Waals surface area contributed by atoms with Crippen molar-refractivity contribution in [2.24, 2.45) is 24.8 Å². The summed E-state index contributed by atoms with van der Waals surface area (Å²) >= 11 is 6.22. The van der Waals surface area contributed by atoms with Crippen molar-refractivity contribution in [1.29, 1.82) is 0 Å². The average molecular weight is 392 g/mol. The largest absolute Gasteiger partial charge is 0.459 e. The molecule has 4 nitrogen and oxygen atoms in total. The lowest BCUT2D eigenvalue weighted by molar-refractivity contribution is -0.653. The van der Waals surface area contributed by atoms with Crippen LogP contribution in [0.4, 0.5) is 0 Å². The second kappa shape index (κ2) is 8.22. The molecule has 0 bridgehead atoms. The van der Waals surface area contributed by atoms with Gasteiger partial charge in [0.25, 0.3) is 5.82 Å². The van der Waals surface area contributed by atoms with E-state index in [0.717, 1.165) is 36.1 Å². The van der Waals surface area contributed by atoms with Crippen molar-refractivity contribution in [3.05, 3.63) is 29.0 Å². The monoisotopic (exact) mass is 391 g/mol. The second-order valence-corrected chi connectivity index (χ2v) is 8.84. The lowest BCUT2D eigenvalue weighted by atomic mass is 9.75. The number of nitrogens with zero attached hydrogens (tertiary/aromatic N) is 2. The van der Waals surface area contributed by atoms with Crippen LogP contribution < -0.4 is 4.57 Å². The summed E-state index contributed by atoms with van der Waals surface area (Å²) < 4.78 is 10.2. The van der Waals surface area contributed by atoms with Crippen LogP contribution in [0.1, 0.15) is 52.8 Å². The molecule has 1 saturated carbocycles. The SMILES string of the molecule is CCc1n(CC(=O)OC2C[C@H](C)CC[C@H]2C(C)C)c2cc(Cl)ccc2[n+]1C. The molecule has 0 aliphatic heterocycles. The Hall–Kier alpha value is -1.55. The van der Waals surface area contributed by atoms with E-state index in [1.54, 1.807) is 0 Å². The maximum atomic E-state index is 12.9. The van der Waals surface area contributed by atoms with Gasteiger partial charge in [0.2, 0.25) is 0 Å². The Balaban J connectivity index is 1.84. The number of carbonyl (C=O) groups is 1. The number of hydrogen-bond acceptors (Lipinski definition) is 2. The molecule has 3 atom stereocenters. The van der Waals surface area contributed by atoms with Gasteiger partial charge in [-0.2, -0.15) is 0 Å². The number of aryl methyl sites for hydroxylation is 1. The minimum absolute atomic E-state index is 0.0329. The molecular formula is C22H32ClN2O2+. The molecule has 1 aliphatic rings. The summed E-state index contributed by atoms with van der Waals surface area (Å²) in [6, 6.07) is 5.84. The van der Waals surface area contributed by atoms with Crippen molar-refractivity contribution in [2.75, 3.05) is 0 Å². The molecule has 2 aromatic rings. The normalized spacial score (nSPS) is 23.1. The molecule has 0 radical (unpaired) electrons. The van der Waals surface area contributed by atoms with Gasteiger partial charge in [-0.15, -0.1) is 0 Å². The molecule has 0 N–H and O–H groups in total. The number of rotatable bonds is 5. The number of halogens is 1. The number of aromatic nitrogens is 2. The van der Waals surface area contributed by atoms with Crippen LogP contribution in [0.15, 0.2) is 18.2 Å². The van der Waals surface area contributed by atoms with E-state index in [9.17, 15) is 4.79 Å². The van der Waals surface area contributed by atoms with Gasteiger partial charge in [0.15, 0.2) is 17.6 Å². The minimum Gasteiger partial charge on any atom is -0.459 e. The van der Waals surface area contributed by atoms with E-state index in [-0.39, 0.29) is 18.6 Å². The summed E-state index contributed by atoms with van der Waals surface area (Å²) in [4.78, 5) is 12.9. The fourth-order valence-corrected chi connectivity index (χ4v) is 4.81. The van der Waals surface area contributed by atoms with Crippen molar-refractivity contribution in [2.45, 2.75) is 66.0 Å². The molecule has 1 aliphatic carbocycles. The minimum atomic E-state index is -0.146. The number of hydrogen-bond donors (Lipinski definition) is 0. The van der Waals surface area contributed by atoms with Crippen molar-refractivity contribution in [3.63, 3.8) is 0 Å². The van der Waals surface area contributed by atoms with E-state index >= 15 is 0 Å². The summed E-state index contributed by atoms with van der Waals surface area (Å²) in [5.41, 5.74) is 2.06. The molecule has 5 heteroatoms. The Bertz CT molecular complexity index is 827. The van der Waals surface area contributed by atoms with Gasteiger partial charge < -0.3 is 4.74 Å². The number of imidazole rings is 1. The van der Waals surface area contributed by atoms with Crippen molar-refractivity contribution in [1.82, 2.24) is 4.57 Å². The van der Waals surface area contributed by atoms with E-state index in [0.29, 0.717) is 22.8 Å². The van der Waals surface area contributed by atoms with E-state index in [1.807, 2.05) is 25.2 Å². The first-order valence-electron chi connectivity index (χ1n) is 10.2. The van der Waals surface area contributed by atoms with Crippen LogP contribution in [-0.2, 0) is 29.5 Å². The van der Waals surface area contributed by atoms with Gasteiger partial charge >= 0.3 is 5.97 Å². The molecule has 1 unspecified atom stereocenters. The third-order valence-corrected chi connectivity index (χ3v) is 6.37. The number of fused-ring (bicyclic) bond motifs is 1. The van der Waals surface area contributed by atoms with Gasteiger partial charge in [0.1, 0.15) is 6.10 Å². The first kappa shape index (κ1) is 20.2. The topological polar surface area (TPSA) is 35.1 Å². The lowest BCUT2D eigenvalue weighted by Crippen LogP contribution is -2.37. The highest BCUT2D eigenvalue weighted by atomic mass is 35.5. The Morgan fingerprint density at radius 3 is 2.78 bits per heavy atom. The fourth-order valence-electron chi connectivity index (χ4n) is 4.65. The summed E-state index contributed by atoms with van der Waals surface area (Å²) in [6.45, 7) is 9.07. The molecule has 1 fully saturated rings. The molecule has 1 aromatic carbocycles. The lowest BCUT2D eigenvalue weighted by Gasteiger charge is -2.36. The molecule has 0 spiro atoms. The third kappa shape index (κ3) is 4.16. The van der Waals surface area contributed by atoms with Crippen molar-refractivity contribution < 1.29 is 14.1 Å². The number of carbonyl (C=O) groups excluding carboxylic acids is 1. The first-order chi connectivity index (χ1) is 12.8. The number of ether oxygens (including phenoxy) is 1. The summed E-state index contributed by atoms with van der Waals surface area (Å²) in [7, 11) is 2.04. The van der Waals surface area contributed by atoms with Crippen LogP contribution in [0, 0.1) is 17.8 Å². The van der Waals surface area contributed by atoms with Crippen LogP contribution in [-0.4, -0.2) is 16.6 Å². The number of benzene rings is 1. The highest BCUT2D eigenvalue weighted by molar-refractivity contribution is 6.31. The van der Waals surface area contributed by atoms with Gasteiger partial charge in [-0.1, -0.05) is 45.7 Å². The summed E-state index contributed by atoms with van der Waals surface area (Å²) in [5.74, 6) is 2.56. The van der Waals surface area contributed by atoms with E-state index in [1.165, 1.54) is 6.42 Å². The Kier molecular flexibility index (Phi) is 6.15. The highest BCUT2D eigenvalue weighted by Gasteiger charge is 2.34. The van der Waals surface area contributed by atoms with Crippen LogP contribution in [0.5, 0.6) is 0 Å². The van der Waals surface area contributed by atoms with E-state index in [4.69, 9.17) is 16.3 Å². The van der Waals surface area contributed by atoms with Gasteiger partial charge in [-0.05, 0) is 42.7 Å². The molecule has 1 aromatic heterocycles. The molecule has 0 amide bonds. The van der Waals surface area contributed by atoms with E-state index in [2.05, 4.69) is 36.8 Å². The van der Waals surface area contributed by atoms with Crippen molar-refractivity contribution in [3.8, 4) is 0 Å². The standard InChI is InChI=1S/C22H32ClN2O2/c1-6-21-24(5)18-10-8-16(23)12-19(18)25(21)13-22(26)27-20-11-15(4)7-9-17(20)14(2)3/h8,10,12,14-15,17,20H,6-7,9,11,13H2,1-5H3/q+1/t15-,17+,20?/m1/s1. The molecule has 148 valence electrons. The summed E-state index contributed by atoms with van der Waals surface area (Å²) in [5, 5.41) is 0.679. The maximum Gasteiger partial charge on any atom is 0.348 e. The summed E-state index contributed by atoms with van der Waals surface area (Å²) in [6.07, 6.45) is 4.22. The predicted molar refractivity (Wildman–Crippen MR) is 109 cm³/mol. The zero-order valence-electron chi connectivity index (χ0n) is 17.2. The Morgan fingerprint density at radius 1 is 1.37 bits per heavy atom. The highest BCUT2D eigenvalue weighted by Crippen LogP contribution is 2.35. The Labute approximate surface area is 167 Å². The third-order valence-electron chi connectivity index (χ3n) is 6.14. The Morgan fingerprint density at radius 2 is 2.11 bits per heavy atom.